The standard InChI is InChI=1S/C22H26N2O5S2/c1-13-6-7-17-18(10-13)30-22(24-20(25)14-4-3-5-16(11-14)29-2)19(17)21(26)23-15-8-9-31(27,28)12-15/h3-5,11,13,15H,6-10,12H2,1-2H3,(H,23,26)(H,24,25)/t13-,15-/m1/s1. The second kappa shape index (κ2) is 8.63. The molecule has 1 aliphatic carbocycles. The molecule has 31 heavy (non-hydrogen) atoms. The first kappa shape index (κ1) is 21.8. The molecule has 2 heterocycles. The SMILES string of the molecule is COc1cccc(C(=O)Nc2sc3c(c2C(=O)N[C@@H]2CCS(=O)(=O)C2)CC[C@@H](C)C3)c1. The highest BCUT2D eigenvalue weighted by atomic mass is 32.2. The van der Waals surface area contributed by atoms with Gasteiger partial charge in [0, 0.05) is 16.5 Å². The average molecular weight is 463 g/mol. The third kappa shape index (κ3) is 4.77. The van der Waals surface area contributed by atoms with E-state index in [2.05, 4.69) is 17.6 Å². The minimum absolute atomic E-state index is 0.0341. The molecule has 2 N–H and O–H groups in total. The van der Waals surface area contributed by atoms with Crippen molar-refractivity contribution >= 4 is 38.0 Å². The van der Waals surface area contributed by atoms with Crippen molar-refractivity contribution in [3.63, 3.8) is 0 Å². The van der Waals surface area contributed by atoms with E-state index in [1.165, 1.54) is 18.4 Å². The number of sulfone groups is 1. The largest absolute Gasteiger partial charge is 0.497 e. The van der Waals surface area contributed by atoms with Crippen LogP contribution in [0, 0.1) is 5.92 Å². The molecule has 1 saturated heterocycles. The molecule has 2 amide bonds. The molecule has 2 aromatic rings. The van der Waals surface area contributed by atoms with E-state index in [1.807, 2.05) is 0 Å². The van der Waals surface area contributed by atoms with Gasteiger partial charge in [-0.1, -0.05) is 13.0 Å². The van der Waals surface area contributed by atoms with Gasteiger partial charge in [0.05, 0.1) is 24.2 Å². The molecule has 0 unspecified atom stereocenters. The lowest BCUT2D eigenvalue weighted by Gasteiger charge is -2.19. The fourth-order valence-corrected chi connectivity index (χ4v) is 7.26. The Balaban J connectivity index is 1.62. The number of carbonyl (C=O) groups is 2. The molecular weight excluding hydrogens is 436 g/mol. The summed E-state index contributed by atoms with van der Waals surface area (Å²) in [5.74, 6) is 0.527. The molecule has 0 bridgehead atoms. The highest BCUT2D eigenvalue weighted by Crippen LogP contribution is 2.40. The molecule has 166 valence electrons. The number of hydrogen-bond donors (Lipinski definition) is 2. The summed E-state index contributed by atoms with van der Waals surface area (Å²) in [6.07, 6.45) is 3.04. The molecule has 0 spiro atoms. The summed E-state index contributed by atoms with van der Waals surface area (Å²) in [6, 6.07) is 6.45. The second-order valence-corrected chi connectivity index (χ2v) is 11.6. The third-order valence-corrected chi connectivity index (χ3v) is 8.80. The van der Waals surface area contributed by atoms with E-state index < -0.39 is 15.9 Å². The zero-order valence-electron chi connectivity index (χ0n) is 17.6. The number of fused-ring (bicyclic) bond motifs is 1. The first-order valence-corrected chi connectivity index (χ1v) is 13.0. The van der Waals surface area contributed by atoms with Crippen LogP contribution in [0.2, 0.25) is 0 Å². The van der Waals surface area contributed by atoms with Gasteiger partial charge in [-0.25, -0.2) is 8.42 Å². The Morgan fingerprint density at radius 1 is 1.19 bits per heavy atom. The van der Waals surface area contributed by atoms with Gasteiger partial charge in [-0.3, -0.25) is 9.59 Å². The molecule has 7 nitrogen and oxygen atoms in total. The monoisotopic (exact) mass is 462 g/mol. The number of ether oxygens (including phenoxy) is 1. The summed E-state index contributed by atoms with van der Waals surface area (Å²) in [4.78, 5) is 27.2. The zero-order chi connectivity index (χ0) is 22.2. The second-order valence-electron chi connectivity index (χ2n) is 8.32. The summed E-state index contributed by atoms with van der Waals surface area (Å²) < 4.78 is 28.8. The van der Waals surface area contributed by atoms with Gasteiger partial charge in [-0.15, -0.1) is 11.3 Å². The molecule has 1 aliphatic heterocycles. The molecular formula is C22H26N2O5S2. The van der Waals surface area contributed by atoms with E-state index in [4.69, 9.17) is 4.74 Å². The minimum atomic E-state index is -3.10. The van der Waals surface area contributed by atoms with E-state index in [0.29, 0.717) is 34.2 Å². The van der Waals surface area contributed by atoms with E-state index in [9.17, 15) is 18.0 Å². The van der Waals surface area contributed by atoms with Crippen molar-refractivity contribution in [3.05, 3.63) is 45.8 Å². The Morgan fingerprint density at radius 3 is 2.71 bits per heavy atom. The predicted molar refractivity (Wildman–Crippen MR) is 121 cm³/mol. The van der Waals surface area contributed by atoms with Crippen molar-refractivity contribution in [2.24, 2.45) is 5.92 Å². The Labute approximate surface area is 186 Å². The highest BCUT2D eigenvalue weighted by Gasteiger charge is 2.33. The van der Waals surface area contributed by atoms with Gasteiger partial charge in [0.2, 0.25) is 0 Å². The summed E-state index contributed by atoms with van der Waals surface area (Å²) in [6.45, 7) is 2.18. The molecule has 0 radical (unpaired) electrons. The van der Waals surface area contributed by atoms with Gasteiger partial charge in [0.15, 0.2) is 9.84 Å². The third-order valence-electron chi connectivity index (χ3n) is 5.87. The van der Waals surface area contributed by atoms with Crippen molar-refractivity contribution in [1.82, 2.24) is 5.32 Å². The Morgan fingerprint density at radius 2 is 2.00 bits per heavy atom. The normalized spacial score (nSPS) is 21.9. The first-order valence-electron chi connectivity index (χ1n) is 10.4. The fourth-order valence-electron chi connectivity index (χ4n) is 4.19. The lowest BCUT2D eigenvalue weighted by atomic mass is 9.88. The van der Waals surface area contributed by atoms with Crippen molar-refractivity contribution in [1.29, 1.82) is 0 Å². The smallest absolute Gasteiger partial charge is 0.256 e. The summed E-state index contributed by atoms with van der Waals surface area (Å²) in [5.41, 5.74) is 1.89. The van der Waals surface area contributed by atoms with Gasteiger partial charge in [-0.2, -0.15) is 0 Å². The highest BCUT2D eigenvalue weighted by molar-refractivity contribution is 7.91. The molecule has 1 aromatic carbocycles. The zero-order valence-corrected chi connectivity index (χ0v) is 19.2. The van der Waals surface area contributed by atoms with Crippen LogP contribution < -0.4 is 15.4 Å². The van der Waals surface area contributed by atoms with Crippen molar-refractivity contribution < 1.29 is 22.7 Å². The van der Waals surface area contributed by atoms with Crippen LogP contribution in [0.15, 0.2) is 24.3 Å². The van der Waals surface area contributed by atoms with Gasteiger partial charge in [0.25, 0.3) is 11.8 Å². The fraction of sp³-hybridized carbons (Fsp3) is 0.455. The van der Waals surface area contributed by atoms with Crippen LogP contribution in [-0.2, 0) is 22.7 Å². The van der Waals surface area contributed by atoms with Crippen LogP contribution in [0.25, 0.3) is 0 Å². The number of anilines is 1. The molecule has 2 aliphatic rings. The van der Waals surface area contributed by atoms with Gasteiger partial charge < -0.3 is 15.4 Å². The van der Waals surface area contributed by atoms with E-state index in [-0.39, 0.29) is 23.3 Å². The predicted octanol–water partition coefficient (Wildman–Crippen LogP) is 3.05. The molecule has 9 heteroatoms. The Kier molecular flexibility index (Phi) is 6.07. The lowest BCUT2D eigenvalue weighted by molar-refractivity contribution is 0.0941. The molecule has 1 aromatic heterocycles. The summed E-state index contributed by atoms with van der Waals surface area (Å²) in [7, 11) is -1.56. The number of benzene rings is 1. The van der Waals surface area contributed by atoms with Crippen molar-refractivity contribution in [2.75, 3.05) is 23.9 Å². The number of carbonyl (C=O) groups excluding carboxylic acids is 2. The molecule has 1 fully saturated rings. The van der Waals surface area contributed by atoms with Crippen LogP contribution in [-0.4, -0.2) is 44.9 Å². The van der Waals surface area contributed by atoms with Crippen LogP contribution in [0.5, 0.6) is 5.75 Å². The summed E-state index contributed by atoms with van der Waals surface area (Å²) >= 11 is 1.44. The van der Waals surface area contributed by atoms with Crippen molar-refractivity contribution in [2.45, 2.75) is 38.6 Å². The minimum Gasteiger partial charge on any atom is -0.497 e. The number of nitrogens with one attached hydrogen (secondary N) is 2. The van der Waals surface area contributed by atoms with E-state index in [1.54, 1.807) is 24.3 Å². The maximum absolute atomic E-state index is 13.2. The quantitative estimate of drug-likeness (QED) is 0.711. The van der Waals surface area contributed by atoms with Crippen LogP contribution in [0.3, 0.4) is 0 Å². The maximum Gasteiger partial charge on any atom is 0.256 e. The van der Waals surface area contributed by atoms with E-state index >= 15 is 0 Å². The number of amides is 2. The average Bonchev–Trinajstić information content (AvgIpc) is 3.26. The number of thiophene rings is 1. The van der Waals surface area contributed by atoms with Crippen LogP contribution in [0.1, 0.15) is 50.9 Å². The molecule has 4 rings (SSSR count). The van der Waals surface area contributed by atoms with Gasteiger partial charge in [0.1, 0.15) is 10.8 Å². The number of hydrogen-bond acceptors (Lipinski definition) is 6. The molecule has 0 saturated carbocycles. The summed E-state index contributed by atoms with van der Waals surface area (Å²) in [5, 5.41) is 6.32. The first-order chi connectivity index (χ1) is 14.8. The maximum atomic E-state index is 13.2. The van der Waals surface area contributed by atoms with Gasteiger partial charge >= 0.3 is 0 Å². The Hall–Kier alpha value is -2.39. The lowest BCUT2D eigenvalue weighted by Crippen LogP contribution is -2.36. The van der Waals surface area contributed by atoms with Crippen LogP contribution in [0.4, 0.5) is 5.00 Å². The molecule has 2 atom stereocenters. The topological polar surface area (TPSA) is 102 Å². The number of methoxy groups -OCH3 is 1. The Bertz CT molecular complexity index is 1120. The van der Waals surface area contributed by atoms with E-state index in [0.717, 1.165) is 29.7 Å². The van der Waals surface area contributed by atoms with Crippen molar-refractivity contribution in [3.8, 4) is 5.75 Å². The number of rotatable bonds is 5. The van der Waals surface area contributed by atoms with Gasteiger partial charge in [-0.05, 0) is 55.4 Å². The van der Waals surface area contributed by atoms with Crippen LogP contribution >= 0.6 is 11.3 Å².